The van der Waals surface area contributed by atoms with E-state index in [4.69, 9.17) is 4.74 Å². The summed E-state index contributed by atoms with van der Waals surface area (Å²) in [7, 11) is -7.39. The van der Waals surface area contributed by atoms with Gasteiger partial charge in [0.15, 0.2) is 9.84 Å². The molecule has 3 rings (SSSR count). The number of ether oxygens (including phenoxy) is 1. The third-order valence-corrected chi connectivity index (χ3v) is 8.43. The second kappa shape index (κ2) is 11.1. The summed E-state index contributed by atoms with van der Waals surface area (Å²) in [6.07, 6.45) is 1.12. The molecule has 0 aromatic heterocycles. The number of aryl methyl sites for hydroxylation is 1. The predicted octanol–water partition coefficient (Wildman–Crippen LogP) is 3.87. The number of anilines is 1. The van der Waals surface area contributed by atoms with Crippen molar-refractivity contribution >= 4 is 31.5 Å². The first-order valence-electron chi connectivity index (χ1n) is 11.3. The molecule has 1 atom stereocenters. The first-order valence-corrected chi connectivity index (χ1v) is 14.7. The first kappa shape index (κ1) is 27.2. The van der Waals surface area contributed by atoms with Gasteiger partial charge in [0.05, 0.1) is 28.1 Å². The monoisotopic (exact) mass is 530 g/mol. The number of hydrogen-bond acceptors (Lipinski definition) is 6. The maximum Gasteiger partial charge on any atom is 0.264 e. The van der Waals surface area contributed by atoms with Crippen LogP contribution >= 0.6 is 0 Å². The molecular formula is C26H30N2O6S2. The largest absolute Gasteiger partial charge is 0.494 e. The molecule has 1 amide bonds. The van der Waals surface area contributed by atoms with Crippen molar-refractivity contribution in [2.24, 2.45) is 0 Å². The number of benzene rings is 3. The molecule has 10 heteroatoms. The van der Waals surface area contributed by atoms with Crippen LogP contribution in [0.25, 0.3) is 0 Å². The number of carbonyl (C=O) groups is 1. The van der Waals surface area contributed by atoms with E-state index in [1.165, 1.54) is 24.3 Å². The van der Waals surface area contributed by atoms with Crippen LogP contribution in [0.5, 0.6) is 5.75 Å². The van der Waals surface area contributed by atoms with Crippen molar-refractivity contribution in [2.75, 3.05) is 23.7 Å². The Labute approximate surface area is 212 Å². The molecule has 1 unspecified atom stereocenters. The van der Waals surface area contributed by atoms with Crippen LogP contribution in [0.2, 0.25) is 0 Å². The van der Waals surface area contributed by atoms with E-state index in [9.17, 15) is 21.6 Å². The number of hydrogen-bond donors (Lipinski definition) is 1. The number of rotatable bonds is 10. The minimum Gasteiger partial charge on any atom is -0.494 e. The van der Waals surface area contributed by atoms with E-state index in [2.05, 4.69) is 5.32 Å². The van der Waals surface area contributed by atoms with Gasteiger partial charge in [-0.25, -0.2) is 16.8 Å². The first-order chi connectivity index (χ1) is 16.9. The third-order valence-electron chi connectivity index (χ3n) is 5.52. The number of carbonyl (C=O) groups excluding carboxylic acids is 1. The van der Waals surface area contributed by atoms with Crippen LogP contribution in [0.1, 0.15) is 31.0 Å². The van der Waals surface area contributed by atoms with E-state index in [1.807, 2.05) is 13.8 Å². The van der Waals surface area contributed by atoms with Crippen LogP contribution in [0.3, 0.4) is 0 Å². The zero-order valence-corrected chi connectivity index (χ0v) is 22.3. The average molecular weight is 531 g/mol. The van der Waals surface area contributed by atoms with E-state index in [0.29, 0.717) is 23.6 Å². The molecule has 3 aromatic rings. The summed E-state index contributed by atoms with van der Waals surface area (Å²) >= 11 is 0. The molecule has 1 N–H and O–H groups in total. The minimum atomic E-state index is -4.05. The van der Waals surface area contributed by atoms with Crippen LogP contribution < -0.4 is 14.4 Å². The van der Waals surface area contributed by atoms with Crippen molar-refractivity contribution in [1.29, 1.82) is 0 Å². The number of sulfone groups is 1. The summed E-state index contributed by atoms with van der Waals surface area (Å²) in [5, 5.41) is 2.80. The smallest absolute Gasteiger partial charge is 0.264 e. The van der Waals surface area contributed by atoms with E-state index in [1.54, 1.807) is 55.5 Å². The second-order valence-corrected chi connectivity index (χ2v) is 12.3. The summed E-state index contributed by atoms with van der Waals surface area (Å²) in [6, 6.07) is 18.6. The Kier molecular flexibility index (Phi) is 8.42. The van der Waals surface area contributed by atoms with Gasteiger partial charge < -0.3 is 10.1 Å². The SMILES string of the molecule is CCOc1ccc(N(CC(=O)NC(C)c2ccc(S(C)(=O)=O)cc2)S(=O)(=O)c2ccc(C)cc2)cc1. The van der Waals surface area contributed by atoms with E-state index in [-0.39, 0.29) is 9.79 Å². The van der Waals surface area contributed by atoms with Crippen LogP contribution in [0, 0.1) is 6.92 Å². The standard InChI is InChI=1S/C26H30N2O6S2/c1-5-34-23-12-10-22(11-13-23)28(36(32,33)25-14-6-19(2)7-15-25)18-26(29)27-20(3)21-8-16-24(17-9-21)35(4,30)31/h6-17,20H,5,18H2,1-4H3,(H,27,29). The molecule has 0 spiro atoms. The molecule has 192 valence electrons. The normalized spacial score (nSPS) is 12.6. The van der Waals surface area contributed by atoms with Crippen molar-refractivity contribution < 1.29 is 26.4 Å². The maximum absolute atomic E-state index is 13.5. The summed E-state index contributed by atoms with van der Waals surface area (Å²) in [4.78, 5) is 13.2. The van der Waals surface area contributed by atoms with Gasteiger partial charge in [0.25, 0.3) is 10.0 Å². The highest BCUT2D eigenvalue weighted by molar-refractivity contribution is 7.93. The number of sulfonamides is 1. The van der Waals surface area contributed by atoms with Crippen molar-refractivity contribution in [3.8, 4) is 5.75 Å². The zero-order valence-electron chi connectivity index (χ0n) is 20.6. The topological polar surface area (TPSA) is 110 Å². The number of nitrogens with one attached hydrogen (secondary N) is 1. The van der Waals surface area contributed by atoms with Gasteiger partial charge in [-0.2, -0.15) is 0 Å². The average Bonchev–Trinajstić information content (AvgIpc) is 2.83. The Morgan fingerprint density at radius 1 is 0.889 bits per heavy atom. The van der Waals surface area contributed by atoms with Crippen LogP contribution in [0.4, 0.5) is 5.69 Å². The van der Waals surface area contributed by atoms with E-state index >= 15 is 0 Å². The lowest BCUT2D eigenvalue weighted by molar-refractivity contribution is -0.120. The van der Waals surface area contributed by atoms with Gasteiger partial charge in [-0.3, -0.25) is 9.10 Å². The maximum atomic E-state index is 13.5. The molecule has 0 radical (unpaired) electrons. The van der Waals surface area contributed by atoms with Gasteiger partial charge in [0.1, 0.15) is 12.3 Å². The fourth-order valence-electron chi connectivity index (χ4n) is 3.53. The van der Waals surface area contributed by atoms with Crippen molar-refractivity contribution in [2.45, 2.75) is 36.6 Å². The molecule has 0 bridgehead atoms. The minimum absolute atomic E-state index is 0.0687. The lowest BCUT2D eigenvalue weighted by Crippen LogP contribution is -2.41. The molecule has 8 nitrogen and oxygen atoms in total. The predicted molar refractivity (Wildman–Crippen MR) is 139 cm³/mol. The quantitative estimate of drug-likeness (QED) is 0.426. The van der Waals surface area contributed by atoms with E-state index in [0.717, 1.165) is 16.1 Å². The molecule has 3 aromatic carbocycles. The third kappa shape index (κ3) is 6.64. The Morgan fingerprint density at radius 3 is 1.97 bits per heavy atom. The summed E-state index contributed by atoms with van der Waals surface area (Å²) in [5.74, 6) is 0.0730. The lowest BCUT2D eigenvalue weighted by Gasteiger charge is -2.25. The summed E-state index contributed by atoms with van der Waals surface area (Å²) in [6.45, 7) is 5.47. The van der Waals surface area contributed by atoms with Crippen LogP contribution in [0.15, 0.2) is 82.6 Å². The molecule has 0 saturated heterocycles. The van der Waals surface area contributed by atoms with Crippen molar-refractivity contribution in [1.82, 2.24) is 5.32 Å². The van der Waals surface area contributed by atoms with Gasteiger partial charge in [-0.15, -0.1) is 0 Å². The highest BCUT2D eigenvalue weighted by atomic mass is 32.2. The highest BCUT2D eigenvalue weighted by Gasteiger charge is 2.28. The Balaban J connectivity index is 1.86. The molecule has 0 aliphatic carbocycles. The van der Waals surface area contributed by atoms with Crippen LogP contribution in [-0.4, -0.2) is 42.2 Å². The zero-order chi connectivity index (χ0) is 26.5. The lowest BCUT2D eigenvalue weighted by atomic mass is 10.1. The second-order valence-electron chi connectivity index (χ2n) is 8.38. The summed E-state index contributed by atoms with van der Waals surface area (Å²) in [5.41, 5.74) is 1.92. The fraction of sp³-hybridized carbons (Fsp3) is 0.269. The van der Waals surface area contributed by atoms with E-state index < -0.39 is 38.4 Å². The Bertz CT molecular complexity index is 1400. The Morgan fingerprint density at radius 2 is 1.44 bits per heavy atom. The van der Waals surface area contributed by atoms with Gasteiger partial charge in [-0.05, 0) is 74.9 Å². The van der Waals surface area contributed by atoms with Gasteiger partial charge in [0, 0.05) is 6.26 Å². The molecule has 36 heavy (non-hydrogen) atoms. The van der Waals surface area contributed by atoms with Gasteiger partial charge >= 0.3 is 0 Å². The Hall–Kier alpha value is -3.37. The summed E-state index contributed by atoms with van der Waals surface area (Å²) < 4.78 is 57.0. The van der Waals surface area contributed by atoms with Gasteiger partial charge in [0.2, 0.25) is 5.91 Å². The van der Waals surface area contributed by atoms with Crippen LogP contribution in [-0.2, 0) is 24.7 Å². The van der Waals surface area contributed by atoms with Crippen molar-refractivity contribution in [3.05, 3.63) is 83.9 Å². The highest BCUT2D eigenvalue weighted by Crippen LogP contribution is 2.26. The fourth-order valence-corrected chi connectivity index (χ4v) is 5.58. The molecule has 0 fully saturated rings. The molecular weight excluding hydrogens is 500 g/mol. The van der Waals surface area contributed by atoms with Crippen molar-refractivity contribution in [3.63, 3.8) is 0 Å². The number of amides is 1. The molecule has 0 saturated carbocycles. The molecule has 0 aliphatic heterocycles. The molecule has 0 aliphatic rings. The van der Waals surface area contributed by atoms with Gasteiger partial charge in [-0.1, -0.05) is 29.8 Å². The number of nitrogens with zero attached hydrogens (tertiary/aromatic N) is 1. The molecule has 0 heterocycles.